The lowest BCUT2D eigenvalue weighted by atomic mass is 10.2. The van der Waals surface area contributed by atoms with Crippen molar-refractivity contribution in [3.8, 4) is 6.07 Å². The number of hydrogen-bond acceptors (Lipinski definition) is 2. The van der Waals surface area contributed by atoms with Gasteiger partial charge in [-0.05, 0) is 6.42 Å². The van der Waals surface area contributed by atoms with Crippen molar-refractivity contribution in [2.45, 2.75) is 25.8 Å². The van der Waals surface area contributed by atoms with Crippen LogP contribution in [0.5, 0.6) is 0 Å². The van der Waals surface area contributed by atoms with Gasteiger partial charge in [-0.1, -0.05) is 6.92 Å². The number of nitriles is 1. The Kier molecular flexibility index (Phi) is 3.35. The summed E-state index contributed by atoms with van der Waals surface area (Å²) in [5, 5.41) is 8.04. The third-order valence-electron chi connectivity index (χ3n) is 0.878. The number of hydrogen-bond donors (Lipinski definition) is 1. The first-order valence-corrected chi connectivity index (χ1v) is 2.43. The molecule has 0 aliphatic rings. The van der Waals surface area contributed by atoms with E-state index < -0.39 is 0 Å². The fourth-order valence-corrected chi connectivity index (χ4v) is 0.262. The van der Waals surface area contributed by atoms with E-state index >= 15 is 0 Å². The predicted octanol–water partition coefficient (Wildman–Crippen LogP) is 0.637. The van der Waals surface area contributed by atoms with Crippen LogP contribution in [0.2, 0.25) is 0 Å². The molecule has 0 heterocycles. The Morgan fingerprint density at radius 3 is 2.57 bits per heavy atom. The average Bonchev–Trinajstić information content (AvgIpc) is 1.68. The monoisotopic (exact) mass is 98.1 g/mol. The molecule has 0 aliphatic carbocycles. The van der Waals surface area contributed by atoms with Crippen molar-refractivity contribution >= 4 is 0 Å². The van der Waals surface area contributed by atoms with Gasteiger partial charge in [0.05, 0.1) is 12.5 Å². The van der Waals surface area contributed by atoms with Crippen molar-refractivity contribution in [2.75, 3.05) is 0 Å². The first kappa shape index (κ1) is 6.45. The summed E-state index contributed by atoms with van der Waals surface area (Å²) in [5.41, 5.74) is 5.36. The first-order valence-electron chi connectivity index (χ1n) is 2.43. The zero-order valence-corrected chi connectivity index (χ0v) is 4.52. The molecule has 2 heteroatoms. The summed E-state index contributed by atoms with van der Waals surface area (Å²) in [6.07, 6.45) is 1.38. The molecular formula is C5H10N2. The third kappa shape index (κ3) is 3.28. The van der Waals surface area contributed by atoms with Gasteiger partial charge in [-0.15, -0.1) is 0 Å². The maximum absolute atomic E-state index is 8.04. The van der Waals surface area contributed by atoms with E-state index in [0.29, 0.717) is 6.42 Å². The smallest absolute Gasteiger partial charge is 0.0638 e. The second-order valence-electron chi connectivity index (χ2n) is 1.53. The zero-order valence-electron chi connectivity index (χ0n) is 4.52. The van der Waals surface area contributed by atoms with Gasteiger partial charge in [-0.2, -0.15) is 5.26 Å². The highest BCUT2D eigenvalue weighted by molar-refractivity contribution is 4.76. The molecule has 0 amide bonds. The number of rotatable bonds is 2. The summed E-state index contributed by atoms with van der Waals surface area (Å²) < 4.78 is 0. The minimum atomic E-state index is 0.0880. The SMILES string of the molecule is CCC(N)CC#N. The maximum Gasteiger partial charge on any atom is 0.0638 e. The molecule has 0 aromatic heterocycles. The van der Waals surface area contributed by atoms with Gasteiger partial charge in [0.25, 0.3) is 0 Å². The lowest BCUT2D eigenvalue weighted by Crippen LogP contribution is -2.16. The molecule has 0 radical (unpaired) electrons. The Bertz CT molecular complexity index is 72.6. The van der Waals surface area contributed by atoms with E-state index in [1.54, 1.807) is 0 Å². The highest BCUT2D eigenvalue weighted by Crippen LogP contribution is 1.88. The van der Waals surface area contributed by atoms with Gasteiger partial charge in [0.1, 0.15) is 0 Å². The molecule has 0 rings (SSSR count). The highest BCUT2D eigenvalue weighted by atomic mass is 14.6. The summed E-state index contributed by atoms with van der Waals surface area (Å²) in [6.45, 7) is 1.97. The van der Waals surface area contributed by atoms with Gasteiger partial charge >= 0.3 is 0 Å². The van der Waals surface area contributed by atoms with Gasteiger partial charge in [0.2, 0.25) is 0 Å². The van der Waals surface area contributed by atoms with E-state index in [2.05, 4.69) is 0 Å². The maximum atomic E-state index is 8.04. The molecule has 2 nitrogen and oxygen atoms in total. The molecular weight excluding hydrogens is 88.1 g/mol. The molecule has 0 aromatic carbocycles. The molecule has 0 aliphatic heterocycles. The minimum Gasteiger partial charge on any atom is -0.327 e. The summed E-state index contributed by atoms with van der Waals surface area (Å²) in [4.78, 5) is 0. The van der Waals surface area contributed by atoms with Crippen molar-refractivity contribution in [1.82, 2.24) is 0 Å². The Balaban J connectivity index is 3.03. The van der Waals surface area contributed by atoms with Crippen LogP contribution in [0.15, 0.2) is 0 Å². The zero-order chi connectivity index (χ0) is 5.70. The van der Waals surface area contributed by atoms with Gasteiger partial charge in [-0.3, -0.25) is 0 Å². The number of nitrogens with zero attached hydrogens (tertiary/aromatic N) is 1. The summed E-state index contributed by atoms with van der Waals surface area (Å²) >= 11 is 0. The van der Waals surface area contributed by atoms with Gasteiger partial charge < -0.3 is 5.73 Å². The summed E-state index contributed by atoms with van der Waals surface area (Å²) in [7, 11) is 0. The predicted molar refractivity (Wildman–Crippen MR) is 28.5 cm³/mol. The van der Waals surface area contributed by atoms with Crippen molar-refractivity contribution in [1.29, 1.82) is 5.26 Å². The fourth-order valence-electron chi connectivity index (χ4n) is 0.262. The fraction of sp³-hybridized carbons (Fsp3) is 0.800. The molecule has 40 valence electrons. The van der Waals surface area contributed by atoms with Crippen molar-refractivity contribution in [3.05, 3.63) is 0 Å². The largest absolute Gasteiger partial charge is 0.327 e. The van der Waals surface area contributed by atoms with Crippen LogP contribution in [-0.4, -0.2) is 6.04 Å². The standard InChI is InChI=1S/C5H10N2/c1-2-5(7)3-4-6/h5H,2-3,7H2,1H3. The Hall–Kier alpha value is -0.550. The molecule has 0 saturated carbocycles. The second-order valence-corrected chi connectivity index (χ2v) is 1.53. The molecule has 7 heavy (non-hydrogen) atoms. The van der Waals surface area contributed by atoms with Gasteiger partial charge in [-0.25, -0.2) is 0 Å². The van der Waals surface area contributed by atoms with Crippen molar-refractivity contribution in [2.24, 2.45) is 5.73 Å². The molecule has 0 saturated heterocycles. The van der Waals surface area contributed by atoms with Crippen LogP contribution in [0.4, 0.5) is 0 Å². The van der Waals surface area contributed by atoms with Gasteiger partial charge in [0, 0.05) is 6.04 Å². The van der Waals surface area contributed by atoms with Crippen LogP contribution >= 0.6 is 0 Å². The quantitative estimate of drug-likeness (QED) is 0.551. The van der Waals surface area contributed by atoms with Crippen LogP contribution < -0.4 is 5.73 Å². The third-order valence-corrected chi connectivity index (χ3v) is 0.878. The van der Waals surface area contributed by atoms with Crippen LogP contribution in [0.1, 0.15) is 19.8 Å². The topological polar surface area (TPSA) is 49.8 Å². The molecule has 0 fully saturated rings. The molecule has 1 atom stereocenters. The highest BCUT2D eigenvalue weighted by Gasteiger charge is 1.93. The Morgan fingerprint density at radius 2 is 2.43 bits per heavy atom. The van der Waals surface area contributed by atoms with E-state index in [4.69, 9.17) is 11.0 Å². The number of nitrogens with two attached hydrogens (primary N) is 1. The molecule has 0 aromatic rings. The Labute approximate surface area is 43.9 Å². The van der Waals surface area contributed by atoms with E-state index in [-0.39, 0.29) is 6.04 Å². The van der Waals surface area contributed by atoms with E-state index in [9.17, 15) is 0 Å². The minimum absolute atomic E-state index is 0.0880. The van der Waals surface area contributed by atoms with E-state index in [0.717, 1.165) is 6.42 Å². The van der Waals surface area contributed by atoms with Crippen LogP contribution in [0.3, 0.4) is 0 Å². The first-order chi connectivity index (χ1) is 3.31. The van der Waals surface area contributed by atoms with Crippen molar-refractivity contribution in [3.63, 3.8) is 0 Å². The lowest BCUT2D eigenvalue weighted by molar-refractivity contribution is 0.665. The molecule has 0 bridgehead atoms. The second kappa shape index (κ2) is 3.63. The Morgan fingerprint density at radius 1 is 1.86 bits per heavy atom. The van der Waals surface area contributed by atoms with Crippen LogP contribution in [0, 0.1) is 11.3 Å². The van der Waals surface area contributed by atoms with Crippen LogP contribution in [0.25, 0.3) is 0 Å². The van der Waals surface area contributed by atoms with Crippen molar-refractivity contribution < 1.29 is 0 Å². The average molecular weight is 98.1 g/mol. The van der Waals surface area contributed by atoms with E-state index in [1.165, 1.54) is 0 Å². The molecule has 0 spiro atoms. The van der Waals surface area contributed by atoms with Crippen LogP contribution in [-0.2, 0) is 0 Å². The lowest BCUT2D eigenvalue weighted by Gasteiger charge is -1.97. The van der Waals surface area contributed by atoms with Gasteiger partial charge in [0.15, 0.2) is 0 Å². The van der Waals surface area contributed by atoms with E-state index in [1.807, 2.05) is 13.0 Å². The normalized spacial score (nSPS) is 12.7. The molecule has 1 unspecified atom stereocenters. The molecule has 2 N–H and O–H groups in total. The summed E-state index contributed by atoms with van der Waals surface area (Å²) in [5.74, 6) is 0. The summed E-state index contributed by atoms with van der Waals surface area (Å²) in [6, 6.07) is 2.08.